The topological polar surface area (TPSA) is 54.5 Å². The molecule has 0 spiro atoms. The van der Waals surface area contributed by atoms with Gasteiger partial charge in [0.25, 0.3) is 5.91 Å². The Hall–Kier alpha value is -1.36. The average molecular weight is 295 g/mol. The van der Waals surface area contributed by atoms with Crippen molar-refractivity contribution in [3.63, 3.8) is 0 Å². The molecule has 1 saturated heterocycles. The van der Waals surface area contributed by atoms with Crippen molar-refractivity contribution in [1.82, 2.24) is 4.90 Å². The van der Waals surface area contributed by atoms with Crippen LogP contribution in [0.3, 0.4) is 0 Å². The molecule has 5 heteroatoms. The van der Waals surface area contributed by atoms with Crippen LogP contribution in [0.4, 0.5) is 0 Å². The van der Waals surface area contributed by atoms with E-state index in [1.54, 1.807) is 24.3 Å². The fraction of sp³-hybridized carbons (Fsp3) is 0.533. The fourth-order valence-corrected chi connectivity index (χ4v) is 3.45. The molecule has 110 valence electrons. The van der Waals surface area contributed by atoms with E-state index in [0.717, 1.165) is 19.4 Å². The van der Waals surface area contributed by atoms with Gasteiger partial charge in [0.2, 0.25) is 0 Å². The van der Waals surface area contributed by atoms with Gasteiger partial charge >= 0.3 is 0 Å². The van der Waals surface area contributed by atoms with Crippen LogP contribution in [-0.4, -0.2) is 38.1 Å². The van der Waals surface area contributed by atoms with Crippen LogP contribution >= 0.6 is 0 Å². The average Bonchev–Trinajstić information content (AvgIpc) is 2.37. The highest BCUT2D eigenvalue weighted by Gasteiger charge is 2.24. The molecule has 1 aromatic carbocycles. The third-order valence-electron chi connectivity index (χ3n) is 3.67. The van der Waals surface area contributed by atoms with Crippen molar-refractivity contribution in [3.8, 4) is 0 Å². The lowest BCUT2D eigenvalue weighted by atomic mass is 10.0. The standard InChI is InChI=1S/C15H21NO3S/c1-12-6-3-4-9-16(12)15(17)14-8-5-7-13(10-14)11-20(2,18)19/h5,7-8,10,12H,3-4,6,9,11H2,1-2H3/t12-/m0/s1. The van der Waals surface area contributed by atoms with Gasteiger partial charge in [-0.25, -0.2) is 8.42 Å². The van der Waals surface area contributed by atoms with Crippen LogP contribution in [0.2, 0.25) is 0 Å². The molecule has 1 heterocycles. The number of amides is 1. The van der Waals surface area contributed by atoms with E-state index in [2.05, 4.69) is 6.92 Å². The van der Waals surface area contributed by atoms with Gasteiger partial charge in [-0.05, 0) is 43.9 Å². The molecule has 0 aliphatic carbocycles. The minimum Gasteiger partial charge on any atom is -0.336 e. The fourth-order valence-electron chi connectivity index (χ4n) is 2.66. The van der Waals surface area contributed by atoms with Crippen LogP contribution in [0.25, 0.3) is 0 Å². The number of likely N-dealkylation sites (tertiary alicyclic amines) is 1. The summed E-state index contributed by atoms with van der Waals surface area (Å²) in [5.41, 5.74) is 1.25. The predicted octanol–water partition coefficient (Wildman–Crippen LogP) is 2.25. The smallest absolute Gasteiger partial charge is 0.254 e. The van der Waals surface area contributed by atoms with E-state index in [-0.39, 0.29) is 17.7 Å². The number of rotatable bonds is 3. The van der Waals surface area contributed by atoms with E-state index < -0.39 is 9.84 Å². The Kier molecular flexibility index (Phi) is 4.48. The van der Waals surface area contributed by atoms with Crippen LogP contribution in [0.5, 0.6) is 0 Å². The molecule has 1 aliphatic heterocycles. The highest BCUT2D eigenvalue weighted by molar-refractivity contribution is 7.89. The molecule has 0 aromatic heterocycles. The second-order valence-corrected chi connectivity index (χ2v) is 7.75. The molecular formula is C15H21NO3S. The molecule has 0 N–H and O–H groups in total. The molecule has 1 atom stereocenters. The molecule has 0 bridgehead atoms. The summed E-state index contributed by atoms with van der Waals surface area (Å²) in [6.45, 7) is 2.85. The highest BCUT2D eigenvalue weighted by atomic mass is 32.2. The second-order valence-electron chi connectivity index (χ2n) is 5.61. The third kappa shape index (κ3) is 3.82. The zero-order chi connectivity index (χ0) is 14.8. The lowest BCUT2D eigenvalue weighted by molar-refractivity contribution is 0.0635. The molecule has 4 nitrogen and oxygen atoms in total. The van der Waals surface area contributed by atoms with Gasteiger partial charge in [0.05, 0.1) is 5.75 Å². The highest BCUT2D eigenvalue weighted by Crippen LogP contribution is 2.20. The zero-order valence-electron chi connectivity index (χ0n) is 12.0. The molecular weight excluding hydrogens is 274 g/mol. The quantitative estimate of drug-likeness (QED) is 0.859. The summed E-state index contributed by atoms with van der Waals surface area (Å²) >= 11 is 0. The first-order valence-electron chi connectivity index (χ1n) is 6.94. The van der Waals surface area contributed by atoms with Crippen molar-refractivity contribution in [2.24, 2.45) is 0 Å². The number of hydrogen-bond acceptors (Lipinski definition) is 3. The number of carbonyl (C=O) groups excluding carboxylic acids is 1. The first kappa shape index (κ1) is 15.0. The lowest BCUT2D eigenvalue weighted by Gasteiger charge is -2.33. The Balaban J connectivity index is 2.20. The molecule has 20 heavy (non-hydrogen) atoms. The van der Waals surface area contributed by atoms with Crippen LogP contribution in [-0.2, 0) is 15.6 Å². The van der Waals surface area contributed by atoms with Gasteiger partial charge in [0.15, 0.2) is 9.84 Å². The summed E-state index contributed by atoms with van der Waals surface area (Å²) < 4.78 is 22.7. The van der Waals surface area contributed by atoms with Gasteiger partial charge in [0.1, 0.15) is 0 Å². The Morgan fingerprint density at radius 2 is 2.10 bits per heavy atom. The molecule has 1 fully saturated rings. The van der Waals surface area contributed by atoms with Gasteiger partial charge < -0.3 is 4.90 Å². The summed E-state index contributed by atoms with van der Waals surface area (Å²) in [5.74, 6) is -0.0171. The molecule has 1 amide bonds. The number of benzene rings is 1. The first-order valence-corrected chi connectivity index (χ1v) is 9.00. The van der Waals surface area contributed by atoms with Gasteiger partial charge in [-0.3, -0.25) is 4.79 Å². The molecule has 1 aromatic rings. The summed E-state index contributed by atoms with van der Waals surface area (Å²) in [6, 6.07) is 7.22. The monoisotopic (exact) mass is 295 g/mol. The van der Waals surface area contributed by atoms with E-state index >= 15 is 0 Å². The largest absolute Gasteiger partial charge is 0.336 e. The maximum Gasteiger partial charge on any atom is 0.254 e. The number of nitrogens with zero attached hydrogens (tertiary/aromatic N) is 1. The van der Waals surface area contributed by atoms with E-state index in [1.807, 2.05) is 4.90 Å². The van der Waals surface area contributed by atoms with E-state index in [0.29, 0.717) is 11.1 Å². The Labute approximate surface area is 120 Å². The van der Waals surface area contributed by atoms with Crippen LogP contribution < -0.4 is 0 Å². The third-order valence-corrected chi connectivity index (χ3v) is 4.52. The molecule has 1 aliphatic rings. The molecule has 0 saturated carbocycles. The minimum absolute atomic E-state index is 0.00699. The normalized spacial score (nSPS) is 19.9. The first-order chi connectivity index (χ1) is 9.37. The Morgan fingerprint density at radius 3 is 2.75 bits per heavy atom. The van der Waals surface area contributed by atoms with Crippen molar-refractivity contribution in [3.05, 3.63) is 35.4 Å². The molecule has 0 radical (unpaired) electrons. The summed E-state index contributed by atoms with van der Waals surface area (Å²) in [5, 5.41) is 0. The molecule has 0 unspecified atom stereocenters. The van der Waals surface area contributed by atoms with E-state index in [4.69, 9.17) is 0 Å². The maximum atomic E-state index is 12.5. The maximum absolute atomic E-state index is 12.5. The van der Waals surface area contributed by atoms with Crippen LogP contribution in [0, 0.1) is 0 Å². The number of hydrogen-bond donors (Lipinski definition) is 0. The van der Waals surface area contributed by atoms with E-state index in [1.165, 1.54) is 12.7 Å². The predicted molar refractivity (Wildman–Crippen MR) is 79.3 cm³/mol. The Morgan fingerprint density at radius 1 is 1.35 bits per heavy atom. The second kappa shape index (κ2) is 5.95. The zero-order valence-corrected chi connectivity index (χ0v) is 12.8. The number of piperidine rings is 1. The van der Waals surface area contributed by atoms with Crippen molar-refractivity contribution in [2.75, 3.05) is 12.8 Å². The van der Waals surface area contributed by atoms with E-state index in [9.17, 15) is 13.2 Å². The van der Waals surface area contributed by atoms with Crippen molar-refractivity contribution < 1.29 is 13.2 Å². The molecule has 2 rings (SSSR count). The van der Waals surface area contributed by atoms with Gasteiger partial charge in [0, 0.05) is 24.4 Å². The van der Waals surface area contributed by atoms with Crippen LogP contribution in [0.1, 0.15) is 42.1 Å². The summed E-state index contributed by atoms with van der Waals surface area (Å²) in [4.78, 5) is 14.4. The summed E-state index contributed by atoms with van der Waals surface area (Å²) in [7, 11) is -3.08. The number of carbonyl (C=O) groups is 1. The van der Waals surface area contributed by atoms with Crippen molar-refractivity contribution in [2.45, 2.75) is 38.0 Å². The van der Waals surface area contributed by atoms with Crippen LogP contribution in [0.15, 0.2) is 24.3 Å². The lowest BCUT2D eigenvalue weighted by Crippen LogP contribution is -2.42. The SMILES string of the molecule is C[C@H]1CCCCN1C(=O)c1cccc(CS(C)(=O)=O)c1. The Bertz CT molecular complexity index is 595. The van der Waals surface area contributed by atoms with Crippen molar-refractivity contribution >= 4 is 15.7 Å². The minimum atomic E-state index is -3.08. The number of sulfone groups is 1. The summed E-state index contributed by atoms with van der Waals surface area (Å²) in [6.07, 6.45) is 4.45. The van der Waals surface area contributed by atoms with Gasteiger partial charge in [-0.1, -0.05) is 12.1 Å². The van der Waals surface area contributed by atoms with Gasteiger partial charge in [-0.15, -0.1) is 0 Å². The van der Waals surface area contributed by atoms with Crippen molar-refractivity contribution in [1.29, 1.82) is 0 Å². The van der Waals surface area contributed by atoms with Gasteiger partial charge in [-0.2, -0.15) is 0 Å².